The van der Waals surface area contributed by atoms with Crippen LogP contribution in [0.15, 0.2) is 30.5 Å². The maximum absolute atomic E-state index is 12.1. The monoisotopic (exact) mass is 256 g/mol. The number of carbonyl (C=O) groups excluding carboxylic acids is 1. The summed E-state index contributed by atoms with van der Waals surface area (Å²) < 4.78 is 6.51. The average molecular weight is 256 g/mol. The SMILES string of the molecule is CCOC(=O)c1c(N)n2nncc2c2ccccc12. The van der Waals surface area contributed by atoms with Gasteiger partial charge in [-0.3, -0.25) is 0 Å². The van der Waals surface area contributed by atoms with Crippen molar-refractivity contribution in [2.45, 2.75) is 6.92 Å². The summed E-state index contributed by atoms with van der Waals surface area (Å²) in [7, 11) is 0. The molecular weight excluding hydrogens is 244 g/mol. The van der Waals surface area contributed by atoms with E-state index in [2.05, 4.69) is 10.3 Å². The minimum atomic E-state index is -0.450. The fourth-order valence-electron chi connectivity index (χ4n) is 2.18. The first kappa shape index (κ1) is 11.5. The summed E-state index contributed by atoms with van der Waals surface area (Å²) in [4.78, 5) is 12.1. The van der Waals surface area contributed by atoms with Gasteiger partial charge in [-0.2, -0.15) is 4.52 Å². The second-order valence-electron chi connectivity index (χ2n) is 4.06. The minimum absolute atomic E-state index is 0.240. The van der Waals surface area contributed by atoms with E-state index in [1.807, 2.05) is 24.3 Å². The molecule has 0 saturated heterocycles. The Bertz CT molecular complexity index is 779. The molecule has 0 aliphatic carbocycles. The lowest BCUT2D eigenvalue weighted by molar-refractivity contribution is 0.0529. The third-order valence-corrected chi connectivity index (χ3v) is 2.99. The highest BCUT2D eigenvalue weighted by atomic mass is 16.5. The second-order valence-corrected chi connectivity index (χ2v) is 4.06. The van der Waals surface area contributed by atoms with Gasteiger partial charge in [0.25, 0.3) is 0 Å². The molecule has 0 saturated carbocycles. The van der Waals surface area contributed by atoms with Crippen molar-refractivity contribution in [2.24, 2.45) is 0 Å². The van der Waals surface area contributed by atoms with Crippen molar-refractivity contribution >= 4 is 28.1 Å². The van der Waals surface area contributed by atoms with Crippen LogP contribution in [-0.4, -0.2) is 27.4 Å². The quantitative estimate of drug-likeness (QED) is 0.705. The first-order valence-corrected chi connectivity index (χ1v) is 5.91. The molecule has 2 N–H and O–H groups in total. The maximum Gasteiger partial charge on any atom is 0.342 e. The molecule has 3 rings (SSSR count). The van der Waals surface area contributed by atoms with E-state index in [-0.39, 0.29) is 5.82 Å². The number of hydrogen-bond donors (Lipinski definition) is 1. The van der Waals surface area contributed by atoms with Crippen molar-refractivity contribution in [2.75, 3.05) is 12.3 Å². The number of rotatable bonds is 2. The first-order valence-electron chi connectivity index (χ1n) is 5.91. The molecule has 6 nitrogen and oxygen atoms in total. The Morgan fingerprint density at radius 2 is 2.11 bits per heavy atom. The molecule has 96 valence electrons. The molecule has 1 aromatic carbocycles. The third-order valence-electron chi connectivity index (χ3n) is 2.99. The molecule has 2 heterocycles. The zero-order chi connectivity index (χ0) is 13.4. The highest BCUT2D eigenvalue weighted by Gasteiger charge is 2.19. The highest BCUT2D eigenvalue weighted by Crippen LogP contribution is 2.28. The van der Waals surface area contributed by atoms with Crippen molar-refractivity contribution in [3.63, 3.8) is 0 Å². The number of pyridine rings is 1. The molecule has 0 aliphatic rings. The van der Waals surface area contributed by atoms with Crippen molar-refractivity contribution < 1.29 is 9.53 Å². The van der Waals surface area contributed by atoms with Crippen LogP contribution in [0.4, 0.5) is 5.82 Å². The number of benzene rings is 1. The van der Waals surface area contributed by atoms with Crippen LogP contribution < -0.4 is 5.73 Å². The van der Waals surface area contributed by atoms with Crippen LogP contribution >= 0.6 is 0 Å². The molecule has 6 heteroatoms. The summed E-state index contributed by atoms with van der Waals surface area (Å²) in [5.74, 6) is -0.210. The normalized spacial score (nSPS) is 11.0. The topological polar surface area (TPSA) is 82.5 Å². The van der Waals surface area contributed by atoms with Crippen molar-refractivity contribution in [1.29, 1.82) is 0 Å². The third kappa shape index (κ3) is 1.61. The second kappa shape index (κ2) is 4.24. The van der Waals surface area contributed by atoms with Gasteiger partial charge in [-0.1, -0.05) is 29.5 Å². The zero-order valence-corrected chi connectivity index (χ0v) is 10.3. The highest BCUT2D eigenvalue weighted by molar-refractivity contribution is 6.12. The number of nitrogens with two attached hydrogens (primary N) is 1. The molecule has 0 radical (unpaired) electrons. The average Bonchev–Trinajstić information content (AvgIpc) is 2.89. The van der Waals surface area contributed by atoms with E-state index in [0.717, 1.165) is 16.3 Å². The number of anilines is 1. The standard InChI is InChI=1S/C13H12N4O2/c1-2-19-13(18)11-9-6-4-3-5-8(9)10-7-15-16-17(10)12(11)14/h3-7H,2,14H2,1H3. The van der Waals surface area contributed by atoms with E-state index in [1.165, 1.54) is 4.52 Å². The Kier molecular flexibility index (Phi) is 2.56. The Labute approximate surface area is 108 Å². The molecular formula is C13H12N4O2. The fourth-order valence-corrected chi connectivity index (χ4v) is 2.18. The minimum Gasteiger partial charge on any atom is -0.462 e. The van der Waals surface area contributed by atoms with E-state index >= 15 is 0 Å². The van der Waals surface area contributed by atoms with E-state index in [1.54, 1.807) is 13.1 Å². The molecule has 0 atom stereocenters. The lowest BCUT2D eigenvalue weighted by Crippen LogP contribution is -2.12. The van der Waals surface area contributed by atoms with Crippen LogP contribution in [0.3, 0.4) is 0 Å². The molecule has 0 aliphatic heterocycles. The number of ether oxygens (including phenoxy) is 1. The fraction of sp³-hybridized carbons (Fsp3) is 0.154. The summed E-state index contributed by atoms with van der Waals surface area (Å²) in [6, 6.07) is 7.48. The van der Waals surface area contributed by atoms with Gasteiger partial charge >= 0.3 is 5.97 Å². The number of carbonyl (C=O) groups is 1. The summed E-state index contributed by atoms with van der Waals surface area (Å²) in [6.07, 6.45) is 1.62. The lowest BCUT2D eigenvalue weighted by atomic mass is 10.1. The lowest BCUT2D eigenvalue weighted by Gasteiger charge is -2.11. The largest absolute Gasteiger partial charge is 0.462 e. The van der Waals surface area contributed by atoms with Crippen LogP contribution in [0.25, 0.3) is 16.3 Å². The van der Waals surface area contributed by atoms with Gasteiger partial charge in [-0.15, -0.1) is 5.10 Å². The van der Waals surface area contributed by atoms with Gasteiger partial charge in [0, 0.05) is 10.8 Å². The predicted molar refractivity (Wildman–Crippen MR) is 70.9 cm³/mol. The van der Waals surface area contributed by atoms with Crippen LogP contribution in [0.5, 0.6) is 0 Å². The predicted octanol–water partition coefficient (Wildman–Crippen LogP) is 1.64. The summed E-state index contributed by atoms with van der Waals surface area (Å²) in [5.41, 5.74) is 7.11. The Morgan fingerprint density at radius 3 is 2.84 bits per heavy atom. The number of nitrogens with zero attached hydrogens (tertiary/aromatic N) is 3. The van der Waals surface area contributed by atoms with Crippen LogP contribution in [0.2, 0.25) is 0 Å². The van der Waals surface area contributed by atoms with Crippen molar-refractivity contribution in [1.82, 2.24) is 14.8 Å². The summed E-state index contributed by atoms with van der Waals surface area (Å²) in [5, 5.41) is 9.35. The Morgan fingerprint density at radius 1 is 1.37 bits per heavy atom. The molecule has 19 heavy (non-hydrogen) atoms. The smallest absolute Gasteiger partial charge is 0.342 e. The number of esters is 1. The van der Waals surface area contributed by atoms with Crippen molar-refractivity contribution in [3.8, 4) is 0 Å². The van der Waals surface area contributed by atoms with Crippen molar-refractivity contribution in [3.05, 3.63) is 36.0 Å². The van der Waals surface area contributed by atoms with Gasteiger partial charge in [-0.25, -0.2) is 4.79 Å². The van der Waals surface area contributed by atoms with Gasteiger partial charge in [0.15, 0.2) is 0 Å². The maximum atomic E-state index is 12.1. The zero-order valence-electron chi connectivity index (χ0n) is 10.3. The van der Waals surface area contributed by atoms with Gasteiger partial charge in [-0.05, 0) is 6.92 Å². The van der Waals surface area contributed by atoms with E-state index in [4.69, 9.17) is 10.5 Å². The van der Waals surface area contributed by atoms with Crippen LogP contribution in [0.1, 0.15) is 17.3 Å². The van der Waals surface area contributed by atoms with Gasteiger partial charge in [0.05, 0.1) is 18.3 Å². The first-order chi connectivity index (χ1) is 9.24. The van der Waals surface area contributed by atoms with E-state index in [9.17, 15) is 4.79 Å². The molecule has 2 aromatic heterocycles. The Balaban J connectivity index is 2.45. The van der Waals surface area contributed by atoms with Crippen LogP contribution in [-0.2, 0) is 4.74 Å². The summed E-state index contributed by atoms with van der Waals surface area (Å²) >= 11 is 0. The van der Waals surface area contributed by atoms with E-state index in [0.29, 0.717) is 12.2 Å². The van der Waals surface area contributed by atoms with Gasteiger partial charge in [0.1, 0.15) is 11.4 Å². The number of fused-ring (bicyclic) bond motifs is 3. The van der Waals surface area contributed by atoms with E-state index < -0.39 is 5.97 Å². The number of nitrogen functional groups attached to an aromatic ring is 1. The van der Waals surface area contributed by atoms with Gasteiger partial charge < -0.3 is 10.5 Å². The van der Waals surface area contributed by atoms with Crippen LogP contribution in [0, 0.1) is 0 Å². The number of hydrogen-bond acceptors (Lipinski definition) is 5. The molecule has 0 spiro atoms. The number of aromatic nitrogens is 3. The summed E-state index contributed by atoms with van der Waals surface area (Å²) in [6.45, 7) is 2.05. The molecule has 0 unspecified atom stereocenters. The Hall–Kier alpha value is -2.63. The molecule has 0 bridgehead atoms. The van der Waals surface area contributed by atoms with Gasteiger partial charge in [0.2, 0.25) is 0 Å². The molecule has 3 aromatic rings. The molecule has 0 fully saturated rings. The molecule has 0 amide bonds.